The van der Waals surface area contributed by atoms with E-state index >= 15 is 0 Å². The average Bonchev–Trinajstić information content (AvgIpc) is 3.13. The number of nitrogens with zero attached hydrogens (tertiary/aromatic N) is 1. The summed E-state index contributed by atoms with van der Waals surface area (Å²) in [5, 5.41) is 12.3. The summed E-state index contributed by atoms with van der Waals surface area (Å²) in [4.78, 5) is 26.4. The lowest BCUT2D eigenvalue weighted by molar-refractivity contribution is -0.149. The minimum atomic E-state index is -1.31. The summed E-state index contributed by atoms with van der Waals surface area (Å²) in [6.07, 6.45) is 0.370. The Morgan fingerprint density at radius 3 is 2.54 bits per heavy atom. The SMILES string of the molecule is CC1(C)CC1(C(=O)O)C(=O)Nc1cccc(CN2CCOCC2)c1. The highest BCUT2D eigenvalue weighted by atomic mass is 16.5. The van der Waals surface area contributed by atoms with Gasteiger partial charge in [0.15, 0.2) is 5.41 Å². The Hall–Kier alpha value is -1.92. The van der Waals surface area contributed by atoms with Crippen LogP contribution in [0.2, 0.25) is 0 Å². The highest BCUT2D eigenvalue weighted by Gasteiger charge is 2.72. The minimum Gasteiger partial charge on any atom is -0.480 e. The van der Waals surface area contributed by atoms with Gasteiger partial charge in [-0.15, -0.1) is 0 Å². The van der Waals surface area contributed by atoms with Crippen LogP contribution in [0, 0.1) is 10.8 Å². The molecule has 1 unspecified atom stereocenters. The van der Waals surface area contributed by atoms with E-state index in [9.17, 15) is 14.7 Å². The molecule has 1 heterocycles. The Kier molecular flexibility index (Phi) is 4.36. The van der Waals surface area contributed by atoms with Crippen LogP contribution in [-0.4, -0.2) is 48.2 Å². The highest BCUT2D eigenvalue weighted by molar-refractivity contribution is 6.12. The molecule has 1 aromatic rings. The zero-order chi connectivity index (χ0) is 17.4. The number of carbonyl (C=O) groups excluding carboxylic acids is 1. The van der Waals surface area contributed by atoms with Gasteiger partial charge in [-0.25, -0.2) is 0 Å². The number of benzene rings is 1. The van der Waals surface area contributed by atoms with Crippen molar-refractivity contribution in [3.05, 3.63) is 29.8 Å². The molecule has 0 bridgehead atoms. The van der Waals surface area contributed by atoms with Crippen LogP contribution in [0.5, 0.6) is 0 Å². The second-order valence-electron chi connectivity index (χ2n) is 7.31. The fraction of sp³-hybridized carbons (Fsp3) is 0.556. The third kappa shape index (κ3) is 3.03. The summed E-state index contributed by atoms with van der Waals surface area (Å²) >= 11 is 0. The molecule has 1 aromatic carbocycles. The number of hydrogen-bond donors (Lipinski definition) is 2. The third-order valence-corrected chi connectivity index (χ3v) is 5.18. The molecule has 2 aliphatic rings. The summed E-state index contributed by atoms with van der Waals surface area (Å²) in [7, 11) is 0. The van der Waals surface area contributed by atoms with Crippen molar-refractivity contribution in [2.75, 3.05) is 31.6 Å². The lowest BCUT2D eigenvalue weighted by atomic mass is 9.95. The number of anilines is 1. The molecule has 130 valence electrons. The van der Waals surface area contributed by atoms with E-state index in [1.165, 1.54) is 0 Å². The van der Waals surface area contributed by atoms with Gasteiger partial charge < -0.3 is 15.2 Å². The number of amides is 1. The smallest absolute Gasteiger partial charge is 0.319 e. The number of carbonyl (C=O) groups is 2. The molecule has 2 fully saturated rings. The molecule has 1 aliphatic heterocycles. The molecule has 0 radical (unpaired) electrons. The van der Waals surface area contributed by atoms with Crippen LogP contribution in [0.15, 0.2) is 24.3 Å². The van der Waals surface area contributed by atoms with E-state index in [2.05, 4.69) is 10.2 Å². The quantitative estimate of drug-likeness (QED) is 0.806. The summed E-state index contributed by atoms with van der Waals surface area (Å²) in [6.45, 7) is 7.70. The molecule has 1 amide bonds. The Labute approximate surface area is 141 Å². The number of carboxylic acids is 1. The first-order chi connectivity index (χ1) is 11.3. The normalized spacial score (nSPS) is 25.9. The number of rotatable bonds is 5. The molecule has 0 spiro atoms. The summed E-state index contributed by atoms with van der Waals surface area (Å²) in [5.74, 6) is -1.47. The van der Waals surface area contributed by atoms with Crippen molar-refractivity contribution in [3.8, 4) is 0 Å². The lowest BCUT2D eigenvalue weighted by Crippen LogP contribution is -2.36. The van der Waals surface area contributed by atoms with E-state index in [1.54, 1.807) is 6.07 Å². The minimum absolute atomic E-state index is 0.370. The van der Waals surface area contributed by atoms with Crippen molar-refractivity contribution in [2.45, 2.75) is 26.8 Å². The number of morpholine rings is 1. The summed E-state index contributed by atoms with van der Waals surface area (Å²) in [6, 6.07) is 7.61. The number of carboxylic acid groups (broad SMARTS) is 1. The first kappa shape index (κ1) is 16.9. The predicted octanol–water partition coefficient (Wildman–Crippen LogP) is 1.96. The van der Waals surface area contributed by atoms with Crippen molar-refractivity contribution < 1.29 is 19.4 Å². The van der Waals surface area contributed by atoms with E-state index < -0.39 is 22.7 Å². The topological polar surface area (TPSA) is 78.9 Å². The van der Waals surface area contributed by atoms with Gasteiger partial charge in [0.05, 0.1) is 13.2 Å². The molecule has 6 heteroatoms. The van der Waals surface area contributed by atoms with Gasteiger partial charge in [-0.05, 0) is 29.5 Å². The second-order valence-corrected chi connectivity index (χ2v) is 7.31. The molecular formula is C18H24N2O4. The molecule has 1 saturated heterocycles. The first-order valence-electron chi connectivity index (χ1n) is 8.29. The standard InChI is InChI=1S/C18H24N2O4/c1-17(2)12-18(17,16(22)23)15(21)19-14-5-3-4-13(10-14)11-20-6-8-24-9-7-20/h3-5,10H,6-9,11-12H2,1-2H3,(H,19,21)(H,22,23). The van der Waals surface area contributed by atoms with E-state index in [0.29, 0.717) is 12.1 Å². The van der Waals surface area contributed by atoms with E-state index in [-0.39, 0.29) is 0 Å². The molecular weight excluding hydrogens is 308 g/mol. The monoisotopic (exact) mass is 332 g/mol. The number of aliphatic carboxylic acids is 1. The van der Waals surface area contributed by atoms with E-state index in [4.69, 9.17) is 4.74 Å². The van der Waals surface area contributed by atoms with Gasteiger partial charge in [0, 0.05) is 25.3 Å². The maximum absolute atomic E-state index is 12.5. The molecule has 6 nitrogen and oxygen atoms in total. The first-order valence-corrected chi connectivity index (χ1v) is 8.29. The van der Waals surface area contributed by atoms with Gasteiger partial charge in [0.1, 0.15) is 0 Å². The van der Waals surface area contributed by atoms with Crippen LogP contribution in [0.1, 0.15) is 25.8 Å². The average molecular weight is 332 g/mol. The molecule has 1 aliphatic carbocycles. The number of ether oxygens (including phenoxy) is 1. The van der Waals surface area contributed by atoms with Gasteiger partial charge in [-0.2, -0.15) is 0 Å². The summed E-state index contributed by atoms with van der Waals surface area (Å²) < 4.78 is 5.35. The zero-order valence-corrected chi connectivity index (χ0v) is 14.2. The van der Waals surface area contributed by atoms with Gasteiger partial charge in [0.2, 0.25) is 5.91 Å². The Bertz CT molecular complexity index is 652. The van der Waals surface area contributed by atoms with Crippen molar-refractivity contribution in [2.24, 2.45) is 10.8 Å². The summed E-state index contributed by atoms with van der Waals surface area (Å²) in [5.41, 5.74) is -0.0788. The van der Waals surface area contributed by atoms with Gasteiger partial charge in [-0.3, -0.25) is 14.5 Å². The van der Waals surface area contributed by atoms with Crippen molar-refractivity contribution in [1.82, 2.24) is 4.90 Å². The maximum atomic E-state index is 12.5. The third-order valence-electron chi connectivity index (χ3n) is 5.18. The molecule has 0 aromatic heterocycles. The lowest BCUT2D eigenvalue weighted by Gasteiger charge is -2.26. The highest BCUT2D eigenvalue weighted by Crippen LogP contribution is 2.64. The second kappa shape index (κ2) is 6.18. The van der Waals surface area contributed by atoms with E-state index in [1.807, 2.05) is 32.0 Å². The van der Waals surface area contributed by atoms with Crippen molar-refractivity contribution in [1.29, 1.82) is 0 Å². The van der Waals surface area contributed by atoms with Crippen LogP contribution in [0.25, 0.3) is 0 Å². The van der Waals surface area contributed by atoms with Crippen molar-refractivity contribution in [3.63, 3.8) is 0 Å². The van der Waals surface area contributed by atoms with Gasteiger partial charge in [0.25, 0.3) is 0 Å². The number of hydrogen-bond acceptors (Lipinski definition) is 4. The predicted molar refractivity (Wildman–Crippen MR) is 89.6 cm³/mol. The molecule has 24 heavy (non-hydrogen) atoms. The fourth-order valence-corrected chi connectivity index (χ4v) is 3.47. The molecule has 1 atom stereocenters. The maximum Gasteiger partial charge on any atom is 0.319 e. The molecule has 1 saturated carbocycles. The Morgan fingerprint density at radius 2 is 1.96 bits per heavy atom. The van der Waals surface area contributed by atoms with Gasteiger partial charge in [-0.1, -0.05) is 26.0 Å². The van der Waals surface area contributed by atoms with Crippen LogP contribution < -0.4 is 5.32 Å². The molecule has 2 N–H and O–H groups in total. The number of nitrogens with one attached hydrogen (secondary N) is 1. The zero-order valence-electron chi connectivity index (χ0n) is 14.2. The fourth-order valence-electron chi connectivity index (χ4n) is 3.47. The van der Waals surface area contributed by atoms with Gasteiger partial charge >= 0.3 is 5.97 Å². The molecule has 3 rings (SSSR count). The van der Waals surface area contributed by atoms with Crippen molar-refractivity contribution >= 4 is 17.6 Å². The Morgan fingerprint density at radius 1 is 1.29 bits per heavy atom. The van der Waals surface area contributed by atoms with Crippen LogP contribution in [-0.2, 0) is 20.9 Å². The van der Waals surface area contributed by atoms with E-state index in [0.717, 1.165) is 38.4 Å². The Balaban J connectivity index is 1.68. The largest absolute Gasteiger partial charge is 0.480 e. The van der Waals surface area contributed by atoms with Crippen LogP contribution in [0.4, 0.5) is 5.69 Å². The van der Waals surface area contributed by atoms with Crippen LogP contribution in [0.3, 0.4) is 0 Å². The van der Waals surface area contributed by atoms with Crippen LogP contribution >= 0.6 is 0 Å².